The van der Waals surface area contributed by atoms with E-state index in [0.29, 0.717) is 11.3 Å². The first-order valence-electron chi connectivity index (χ1n) is 5.60. The zero-order chi connectivity index (χ0) is 12.2. The van der Waals surface area contributed by atoms with Crippen LogP contribution in [-0.4, -0.2) is 18.7 Å². The number of likely N-dealkylation sites (N-methyl/N-ethyl adjacent to an activating group) is 1. The first kappa shape index (κ1) is 13.0. The van der Waals surface area contributed by atoms with Crippen LogP contribution < -0.4 is 10.1 Å². The topological polar surface area (TPSA) is 21.3 Å². The summed E-state index contributed by atoms with van der Waals surface area (Å²) in [4.78, 5) is 0. The molecule has 90 valence electrons. The first-order valence-corrected chi connectivity index (χ1v) is 5.60. The Morgan fingerprint density at radius 1 is 1.38 bits per heavy atom. The van der Waals surface area contributed by atoms with Crippen LogP contribution in [0.3, 0.4) is 0 Å². The molecule has 1 aromatic rings. The van der Waals surface area contributed by atoms with Crippen LogP contribution in [-0.2, 0) is 0 Å². The summed E-state index contributed by atoms with van der Waals surface area (Å²) in [5.74, 6) is 0.513. The van der Waals surface area contributed by atoms with Gasteiger partial charge in [0, 0.05) is 6.54 Å². The molecule has 16 heavy (non-hydrogen) atoms. The van der Waals surface area contributed by atoms with Crippen molar-refractivity contribution in [2.24, 2.45) is 0 Å². The van der Waals surface area contributed by atoms with Crippen molar-refractivity contribution < 1.29 is 9.13 Å². The number of rotatable bonds is 5. The fraction of sp³-hybridized carbons (Fsp3) is 0.538. The van der Waals surface area contributed by atoms with E-state index in [1.54, 1.807) is 19.1 Å². The van der Waals surface area contributed by atoms with Crippen molar-refractivity contribution >= 4 is 0 Å². The second-order valence-electron chi connectivity index (χ2n) is 4.55. The average Bonchev–Trinajstić information content (AvgIpc) is 2.20. The summed E-state index contributed by atoms with van der Waals surface area (Å²) in [6.45, 7) is 9.48. The summed E-state index contributed by atoms with van der Waals surface area (Å²) in [5.41, 5.74) is 0.317. The highest BCUT2D eigenvalue weighted by Crippen LogP contribution is 2.20. The van der Waals surface area contributed by atoms with Gasteiger partial charge in [-0.05, 0) is 51.1 Å². The number of ether oxygens (including phenoxy) is 1. The molecule has 0 aromatic heterocycles. The Balaban J connectivity index is 2.68. The molecule has 0 spiro atoms. The van der Waals surface area contributed by atoms with Crippen molar-refractivity contribution in [3.05, 3.63) is 29.6 Å². The van der Waals surface area contributed by atoms with Crippen molar-refractivity contribution in [2.45, 2.75) is 33.3 Å². The SMILES string of the molecule is CCNCC(C)(C)Oc1ccc(F)c(C)c1. The maximum atomic E-state index is 13.1. The summed E-state index contributed by atoms with van der Waals surface area (Å²) in [5, 5.41) is 3.24. The Kier molecular flexibility index (Phi) is 4.30. The molecule has 0 saturated carbocycles. The van der Waals surface area contributed by atoms with E-state index in [1.807, 2.05) is 13.8 Å². The molecule has 3 heteroatoms. The number of aryl methyl sites for hydroxylation is 1. The van der Waals surface area contributed by atoms with Gasteiger partial charge in [0.1, 0.15) is 17.2 Å². The van der Waals surface area contributed by atoms with Crippen LogP contribution in [0.5, 0.6) is 5.75 Å². The van der Waals surface area contributed by atoms with Crippen molar-refractivity contribution in [3.63, 3.8) is 0 Å². The Bertz CT molecular complexity index is 350. The maximum Gasteiger partial charge on any atom is 0.126 e. The third kappa shape index (κ3) is 3.81. The molecule has 2 nitrogen and oxygen atoms in total. The normalized spacial score (nSPS) is 11.6. The van der Waals surface area contributed by atoms with Gasteiger partial charge >= 0.3 is 0 Å². The van der Waals surface area contributed by atoms with Crippen LogP contribution in [0.1, 0.15) is 26.3 Å². The van der Waals surface area contributed by atoms with Gasteiger partial charge in [-0.3, -0.25) is 0 Å². The van der Waals surface area contributed by atoms with Crippen molar-refractivity contribution in [1.29, 1.82) is 0 Å². The lowest BCUT2D eigenvalue weighted by Crippen LogP contribution is -2.40. The van der Waals surface area contributed by atoms with Crippen LogP contribution in [0.25, 0.3) is 0 Å². The van der Waals surface area contributed by atoms with Crippen LogP contribution >= 0.6 is 0 Å². The largest absolute Gasteiger partial charge is 0.487 e. The highest BCUT2D eigenvalue weighted by Gasteiger charge is 2.19. The minimum Gasteiger partial charge on any atom is -0.487 e. The summed E-state index contributed by atoms with van der Waals surface area (Å²) < 4.78 is 18.9. The van der Waals surface area contributed by atoms with Crippen molar-refractivity contribution in [3.8, 4) is 5.75 Å². The molecule has 0 atom stereocenters. The molecule has 0 fully saturated rings. The molecule has 0 bridgehead atoms. The lowest BCUT2D eigenvalue weighted by Gasteiger charge is -2.27. The quantitative estimate of drug-likeness (QED) is 0.832. The zero-order valence-electron chi connectivity index (χ0n) is 10.4. The highest BCUT2D eigenvalue weighted by molar-refractivity contribution is 5.29. The standard InChI is InChI=1S/C13H20FNO/c1-5-15-9-13(3,4)16-11-6-7-12(14)10(2)8-11/h6-8,15H,5,9H2,1-4H3. The molecule has 1 rings (SSSR count). The van der Waals surface area contributed by atoms with E-state index >= 15 is 0 Å². The molecule has 0 amide bonds. The zero-order valence-corrected chi connectivity index (χ0v) is 10.4. The summed E-state index contributed by atoms with van der Waals surface area (Å²) >= 11 is 0. The third-order valence-electron chi connectivity index (χ3n) is 2.32. The van der Waals surface area contributed by atoms with Crippen LogP contribution in [0, 0.1) is 12.7 Å². The first-order chi connectivity index (χ1) is 7.44. The second-order valence-corrected chi connectivity index (χ2v) is 4.55. The third-order valence-corrected chi connectivity index (χ3v) is 2.32. The summed E-state index contributed by atoms with van der Waals surface area (Å²) in [7, 11) is 0. The van der Waals surface area contributed by atoms with Gasteiger partial charge in [-0.15, -0.1) is 0 Å². The fourth-order valence-corrected chi connectivity index (χ4v) is 1.46. The molecule has 0 aliphatic heterocycles. The Morgan fingerprint density at radius 2 is 2.06 bits per heavy atom. The van der Waals surface area contributed by atoms with Gasteiger partial charge in [0.15, 0.2) is 0 Å². The minimum atomic E-state index is -0.291. The number of halogens is 1. The summed E-state index contributed by atoms with van der Waals surface area (Å²) in [6.07, 6.45) is 0. The van der Waals surface area contributed by atoms with E-state index in [-0.39, 0.29) is 11.4 Å². The molecule has 1 N–H and O–H groups in total. The molecule has 0 unspecified atom stereocenters. The van der Waals surface area contributed by atoms with Gasteiger partial charge in [0.25, 0.3) is 0 Å². The molecule has 0 radical (unpaired) electrons. The lowest BCUT2D eigenvalue weighted by atomic mass is 10.1. The van der Waals surface area contributed by atoms with Crippen molar-refractivity contribution in [2.75, 3.05) is 13.1 Å². The number of hydrogen-bond acceptors (Lipinski definition) is 2. The van der Waals surface area contributed by atoms with Gasteiger partial charge < -0.3 is 10.1 Å². The fourth-order valence-electron chi connectivity index (χ4n) is 1.46. The number of benzene rings is 1. The number of hydrogen-bond donors (Lipinski definition) is 1. The minimum absolute atomic E-state index is 0.197. The second kappa shape index (κ2) is 5.30. The Morgan fingerprint density at radius 3 is 2.62 bits per heavy atom. The van der Waals surface area contributed by atoms with Crippen molar-refractivity contribution in [1.82, 2.24) is 5.32 Å². The highest BCUT2D eigenvalue weighted by atomic mass is 19.1. The average molecular weight is 225 g/mol. The predicted octanol–water partition coefficient (Wildman–Crippen LogP) is 2.90. The number of nitrogens with one attached hydrogen (secondary N) is 1. The Hall–Kier alpha value is -1.09. The Labute approximate surface area is 96.8 Å². The van der Waals surface area contributed by atoms with Crippen LogP contribution in [0.4, 0.5) is 4.39 Å². The van der Waals surface area contributed by atoms with Gasteiger partial charge in [-0.1, -0.05) is 6.92 Å². The van der Waals surface area contributed by atoms with Gasteiger partial charge in [0.2, 0.25) is 0 Å². The molecule has 0 saturated heterocycles. The predicted molar refractivity (Wildman–Crippen MR) is 64.4 cm³/mol. The van der Waals surface area contributed by atoms with E-state index in [4.69, 9.17) is 4.74 Å². The van der Waals surface area contributed by atoms with Crippen LogP contribution in [0.15, 0.2) is 18.2 Å². The molecule has 1 aromatic carbocycles. The lowest BCUT2D eigenvalue weighted by molar-refractivity contribution is 0.108. The van der Waals surface area contributed by atoms with E-state index in [9.17, 15) is 4.39 Å². The molecular formula is C13H20FNO. The van der Waals surface area contributed by atoms with E-state index < -0.39 is 0 Å². The van der Waals surface area contributed by atoms with Crippen LogP contribution in [0.2, 0.25) is 0 Å². The van der Waals surface area contributed by atoms with Gasteiger partial charge in [-0.25, -0.2) is 4.39 Å². The monoisotopic (exact) mass is 225 g/mol. The van der Waals surface area contributed by atoms with E-state index in [1.165, 1.54) is 6.07 Å². The molecule has 0 aliphatic carbocycles. The van der Waals surface area contributed by atoms with E-state index in [0.717, 1.165) is 13.1 Å². The van der Waals surface area contributed by atoms with E-state index in [2.05, 4.69) is 12.2 Å². The molecule has 0 heterocycles. The maximum absolute atomic E-state index is 13.1. The summed E-state index contributed by atoms with van der Waals surface area (Å²) in [6, 6.07) is 4.83. The van der Waals surface area contributed by atoms with Gasteiger partial charge in [0.05, 0.1) is 0 Å². The van der Waals surface area contributed by atoms with Gasteiger partial charge in [-0.2, -0.15) is 0 Å². The molecule has 0 aliphatic rings. The molecular weight excluding hydrogens is 205 g/mol. The smallest absolute Gasteiger partial charge is 0.126 e.